The Balaban J connectivity index is 1.90. The van der Waals surface area contributed by atoms with Crippen molar-refractivity contribution in [2.45, 2.75) is 27.7 Å². The first kappa shape index (κ1) is 25.1. The molecule has 0 unspecified atom stereocenters. The smallest absolute Gasteiger partial charge is 0.137 e. The molecular weight excluding hydrogens is 430 g/mol. The average molecular weight is 460 g/mol. The van der Waals surface area contributed by atoms with Gasteiger partial charge in [-0.05, 0) is 61.1 Å². The Morgan fingerprint density at radius 3 is 2.11 bits per heavy atom. The van der Waals surface area contributed by atoms with E-state index in [1.807, 2.05) is 107 Å². The summed E-state index contributed by atoms with van der Waals surface area (Å²) in [6.45, 7) is 12.3. The molecule has 2 aromatic rings. The van der Waals surface area contributed by atoms with Gasteiger partial charge in [0.05, 0.1) is 0 Å². The van der Waals surface area contributed by atoms with E-state index in [0.717, 1.165) is 22.6 Å². The molecule has 2 aromatic carbocycles. The molecular formula is C31H29N3O. The molecule has 0 bridgehead atoms. The number of rotatable bonds is 6. The lowest BCUT2D eigenvalue weighted by Crippen LogP contribution is -2.15. The fourth-order valence-corrected chi connectivity index (χ4v) is 3.51. The minimum Gasteiger partial charge on any atom is -0.461 e. The van der Waals surface area contributed by atoms with Crippen molar-refractivity contribution in [1.29, 1.82) is 10.5 Å². The van der Waals surface area contributed by atoms with Crippen LogP contribution in [0.25, 0.3) is 6.08 Å². The third-order valence-electron chi connectivity index (χ3n) is 5.32. The predicted octanol–water partition coefficient (Wildman–Crippen LogP) is 8.12. The van der Waals surface area contributed by atoms with Gasteiger partial charge in [0.2, 0.25) is 0 Å². The molecule has 0 radical (unpaired) electrons. The van der Waals surface area contributed by atoms with E-state index >= 15 is 0 Å². The summed E-state index contributed by atoms with van der Waals surface area (Å²) in [5.41, 5.74) is 4.24. The SMILES string of the molecule is C=C(/C=C\C)N(c1ccccc1)c1ccc(/C=C/C2=CC(=C(C#N)C#N)C=C(C(C)(C)C)O2)cc1. The highest BCUT2D eigenvalue weighted by Crippen LogP contribution is 2.34. The quantitative estimate of drug-likeness (QED) is 0.323. The summed E-state index contributed by atoms with van der Waals surface area (Å²) < 4.78 is 6.08. The van der Waals surface area contributed by atoms with Crippen molar-refractivity contribution in [3.05, 3.63) is 125 Å². The zero-order valence-corrected chi connectivity index (χ0v) is 20.6. The molecule has 0 N–H and O–H groups in total. The van der Waals surface area contributed by atoms with Gasteiger partial charge in [0.1, 0.15) is 29.2 Å². The second kappa shape index (κ2) is 11.1. The molecule has 0 aromatic heterocycles. The lowest BCUT2D eigenvalue weighted by atomic mass is 9.90. The summed E-state index contributed by atoms with van der Waals surface area (Å²) in [6, 6.07) is 22.2. The number of allylic oxidation sites excluding steroid dienone is 8. The molecule has 1 aliphatic rings. The Morgan fingerprint density at radius 1 is 0.914 bits per heavy atom. The topological polar surface area (TPSA) is 60.0 Å². The van der Waals surface area contributed by atoms with Gasteiger partial charge in [-0.1, -0.05) is 69.8 Å². The first-order chi connectivity index (χ1) is 16.8. The monoisotopic (exact) mass is 459 g/mol. The summed E-state index contributed by atoms with van der Waals surface area (Å²) >= 11 is 0. The highest BCUT2D eigenvalue weighted by molar-refractivity contribution is 5.71. The number of hydrogen-bond acceptors (Lipinski definition) is 4. The number of benzene rings is 2. The van der Waals surface area contributed by atoms with Crippen LogP contribution in [0.2, 0.25) is 0 Å². The number of anilines is 2. The Morgan fingerprint density at radius 2 is 1.54 bits per heavy atom. The molecule has 0 spiro atoms. The summed E-state index contributed by atoms with van der Waals surface area (Å²) in [5, 5.41) is 18.7. The van der Waals surface area contributed by atoms with Gasteiger partial charge < -0.3 is 9.64 Å². The minimum atomic E-state index is -0.271. The number of hydrogen-bond donors (Lipinski definition) is 0. The number of para-hydroxylation sites is 1. The van der Waals surface area contributed by atoms with E-state index < -0.39 is 0 Å². The van der Waals surface area contributed by atoms with Crippen LogP contribution in [0.15, 0.2) is 120 Å². The standard InChI is InChI=1S/C31H29N3O/c1-6-10-23(2)34(27-11-8-7-9-12-27)28-16-13-24(14-17-28)15-18-29-19-25(26(21-32)22-33)20-30(35-29)31(3,4)5/h6-20H,2H2,1,3-5H3/b10-6-,18-15+. The molecule has 174 valence electrons. The first-order valence-electron chi connectivity index (χ1n) is 11.4. The zero-order chi connectivity index (χ0) is 25.4. The van der Waals surface area contributed by atoms with Crippen molar-refractivity contribution in [1.82, 2.24) is 0 Å². The van der Waals surface area contributed by atoms with Gasteiger partial charge >= 0.3 is 0 Å². The molecule has 1 aliphatic heterocycles. The van der Waals surface area contributed by atoms with E-state index in [1.165, 1.54) is 0 Å². The maximum absolute atomic E-state index is 9.33. The van der Waals surface area contributed by atoms with E-state index in [2.05, 4.69) is 23.6 Å². The minimum absolute atomic E-state index is 0.0627. The molecule has 3 rings (SSSR count). The van der Waals surface area contributed by atoms with Gasteiger partial charge in [0, 0.05) is 28.1 Å². The van der Waals surface area contributed by atoms with Crippen LogP contribution in [0.1, 0.15) is 33.3 Å². The number of nitriles is 2. The Bertz CT molecular complexity index is 1300. The van der Waals surface area contributed by atoms with E-state index in [-0.39, 0.29) is 11.0 Å². The van der Waals surface area contributed by atoms with E-state index in [1.54, 1.807) is 12.2 Å². The van der Waals surface area contributed by atoms with Crippen molar-refractivity contribution in [3.63, 3.8) is 0 Å². The Kier molecular flexibility index (Phi) is 7.92. The van der Waals surface area contributed by atoms with Crippen molar-refractivity contribution >= 4 is 17.5 Å². The summed E-state index contributed by atoms with van der Waals surface area (Å²) in [7, 11) is 0. The fraction of sp³-hybridized carbons (Fsp3) is 0.161. The maximum atomic E-state index is 9.33. The first-order valence-corrected chi connectivity index (χ1v) is 11.4. The lowest BCUT2D eigenvalue weighted by Gasteiger charge is -2.26. The molecule has 0 amide bonds. The molecule has 0 fully saturated rings. The third-order valence-corrected chi connectivity index (χ3v) is 5.32. The van der Waals surface area contributed by atoms with Gasteiger partial charge in [-0.15, -0.1) is 0 Å². The van der Waals surface area contributed by atoms with Crippen LogP contribution >= 0.6 is 0 Å². The third kappa shape index (κ3) is 6.28. The molecule has 4 heteroatoms. The fourth-order valence-electron chi connectivity index (χ4n) is 3.51. The second-order valence-corrected chi connectivity index (χ2v) is 9.05. The zero-order valence-electron chi connectivity index (χ0n) is 20.6. The van der Waals surface area contributed by atoms with Gasteiger partial charge in [0.15, 0.2) is 0 Å². The number of nitrogens with zero attached hydrogens (tertiary/aromatic N) is 3. The largest absolute Gasteiger partial charge is 0.461 e. The summed E-state index contributed by atoms with van der Waals surface area (Å²) in [6.07, 6.45) is 11.2. The highest BCUT2D eigenvalue weighted by atomic mass is 16.5. The molecule has 4 nitrogen and oxygen atoms in total. The van der Waals surface area contributed by atoms with E-state index in [0.29, 0.717) is 17.1 Å². The van der Waals surface area contributed by atoms with Gasteiger partial charge in [-0.2, -0.15) is 10.5 Å². The molecule has 0 atom stereocenters. The average Bonchev–Trinajstić information content (AvgIpc) is 2.85. The second-order valence-electron chi connectivity index (χ2n) is 9.05. The van der Waals surface area contributed by atoms with E-state index in [4.69, 9.17) is 4.74 Å². The van der Waals surface area contributed by atoms with Crippen LogP contribution < -0.4 is 4.90 Å². The van der Waals surface area contributed by atoms with Crippen LogP contribution in [0.5, 0.6) is 0 Å². The van der Waals surface area contributed by atoms with Crippen molar-refractivity contribution < 1.29 is 4.74 Å². The van der Waals surface area contributed by atoms with Crippen LogP contribution in [-0.4, -0.2) is 0 Å². The van der Waals surface area contributed by atoms with Crippen molar-refractivity contribution in [2.75, 3.05) is 4.90 Å². The van der Waals surface area contributed by atoms with Crippen LogP contribution in [-0.2, 0) is 4.74 Å². The van der Waals surface area contributed by atoms with Crippen LogP contribution in [0.4, 0.5) is 11.4 Å². The molecule has 0 aliphatic carbocycles. The Labute approximate surface area is 208 Å². The van der Waals surface area contributed by atoms with Gasteiger partial charge in [-0.25, -0.2) is 0 Å². The molecule has 35 heavy (non-hydrogen) atoms. The maximum Gasteiger partial charge on any atom is 0.137 e. The Hall–Kier alpha value is -4.54. The van der Waals surface area contributed by atoms with Gasteiger partial charge in [-0.3, -0.25) is 0 Å². The van der Waals surface area contributed by atoms with Crippen molar-refractivity contribution in [2.24, 2.45) is 5.41 Å². The van der Waals surface area contributed by atoms with Gasteiger partial charge in [0.25, 0.3) is 0 Å². The molecule has 1 heterocycles. The predicted molar refractivity (Wildman–Crippen MR) is 143 cm³/mol. The molecule has 0 saturated heterocycles. The van der Waals surface area contributed by atoms with Crippen molar-refractivity contribution in [3.8, 4) is 12.1 Å². The summed E-state index contributed by atoms with van der Waals surface area (Å²) in [4.78, 5) is 2.10. The summed E-state index contributed by atoms with van der Waals surface area (Å²) in [5.74, 6) is 1.28. The van der Waals surface area contributed by atoms with E-state index in [9.17, 15) is 10.5 Å². The van der Waals surface area contributed by atoms with Crippen LogP contribution in [0, 0.1) is 28.1 Å². The number of ether oxygens (including phenoxy) is 1. The molecule has 0 saturated carbocycles. The normalized spacial score (nSPS) is 13.5. The van der Waals surface area contributed by atoms with Crippen LogP contribution in [0.3, 0.4) is 0 Å². The highest BCUT2D eigenvalue weighted by Gasteiger charge is 2.24. The lowest BCUT2D eigenvalue weighted by molar-refractivity contribution is 0.223.